The molecule has 0 saturated heterocycles. The molecule has 0 bridgehead atoms. The van der Waals surface area contributed by atoms with Gasteiger partial charge < -0.3 is 15.2 Å². The topological polar surface area (TPSA) is 97.1 Å². The molecule has 0 saturated carbocycles. The van der Waals surface area contributed by atoms with Crippen LogP contribution in [-0.2, 0) is 13.0 Å². The molecule has 26 heavy (non-hydrogen) atoms. The van der Waals surface area contributed by atoms with E-state index in [0.29, 0.717) is 17.8 Å². The molecule has 2 amide bonds. The van der Waals surface area contributed by atoms with Crippen molar-refractivity contribution in [2.45, 2.75) is 26.8 Å². The predicted octanol–water partition coefficient (Wildman–Crippen LogP) is 3.18. The molecule has 0 atom stereocenters. The fourth-order valence-corrected chi connectivity index (χ4v) is 3.08. The average Bonchev–Trinajstić information content (AvgIpc) is 3.33. The molecule has 0 radical (unpaired) electrons. The second-order valence-electron chi connectivity index (χ2n) is 5.63. The van der Waals surface area contributed by atoms with E-state index in [9.17, 15) is 9.59 Å². The van der Waals surface area contributed by atoms with Crippen LogP contribution in [0.15, 0.2) is 40.4 Å². The van der Waals surface area contributed by atoms with E-state index in [1.165, 1.54) is 23.6 Å². The molecule has 0 spiro atoms. The Bertz CT molecular complexity index is 918. The SMILES string of the molecule is CCc1csc(CNC(=O)c2ccc(C)c(NC(=O)c3ccno3)c2)n1. The van der Waals surface area contributed by atoms with Gasteiger partial charge in [-0.05, 0) is 31.0 Å². The maximum absolute atomic E-state index is 12.4. The molecule has 0 aliphatic rings. The highest BCUT2D eigenvalue weighted by Gasteiger charge is 2.14. The summed E-state index contributed by atoms with van der Waals surface area (Å²) in [5.74, 6) is -0.541. The van der Waals surface area contributed by atoms with Crippen LogP contribution in [0.25, 0.3) is 0 Å². The third-order valence-electron chi connectivity index (χ3n) is 3.77. The standard InChI is InChI=1S/C18H18N4O3S/c1-3-13-10-26-16(21-13)9-19-17(23)12-5-4-11(2)14(8-12)22-18(24)15-6-7-20-25-15/h4-8,10H,3,9H2,1-2H3,(H,19,23)(H,22,24). The number of aryl methyl sites for hydroxylation is 2. The van der Waals surface area contributed by atoms with Crippen molar-refractivity contribution in [1.82, 2.24) is 15.5 Å². The largest absolute Gasteiger partial charge is 0.351 e. The number of anilines is 1. The summed E-state index contributed by atoms with van der Waals surface area (Å²) in [5, 5.41) is 11.9. The van der Waals surface area contributed by atoms with Gasteiger partial charge in [0.1, 0.15) is 5.01 Å². The molecule has 0 fully saturated rings. The van der Waals surface area contributed by atoms with E-state index in [-0.39, 0.29) is 11.7 Å². The fraction of sp³-hybridized carbons (Fsp3) is 0.222. The molecule has 3 aromatic rings. The molecular formula is C18H18N4O3S. The highest BCUT2D eigenvalue weighted by Crippen LogP contribution is 2.18. The average molecular weight is 370 g/mol. The van der Waals surface area contributed by atoms with Crippen molar-refractivity contribution >= 4 is 28.8 Å². The van der Waals surface area contributed by atoms with E-state index in [1.54, 1.807) is 18.2 Å². The van der Waals surface area contributed by atoms with E-state index in [0.717, 1.165) is 22.7 Å². The van der Waals surface area contributed by atoms with Crippen molar-refractivity contribution in [3.05, 3.63) is 63.4 Å². The van der Waals surface area contributed by atoms with Crippen molar-refractivity contribution in [1.29, 1.82) is 0 Å². The number of hydrogen-bond acceptors (Lipinski definition) is 6. The van der Waals surface area contributed by atoms with Gasteiger partial charge in [0.25, 0.3) is 11.8 Å². The van der Waals surface area contributed by atoms with Gasteiger partial charge in [0.15, 0.2) is 0 Å². The van der Waals surface area contributed by atoms with Crippen LogP contribution in [0.1, 0.15) is 44.1 Å². The lowest BCUT2D eigenvalue weighted by molar-refractivity contribution is 0.0948. The predicted molar refractivity (Wildman–Crippen MR) is 98.3 cm³/mol. The van der Waals surface area contributed by atoms with E-state index in [2.05, 4.69) is 20.8 Å². The van der Waals surface area contributed by atoms with Crippen LogP contribution in [0.2, 0.25) is 0 Å². The lowest BCUT2D eigenvalue weighted by Crippen LogP contribution is -2.23. The molecule has 0 aliphatic carbocycles. The Balaban J connectivity index is 1.67. The molecular weight excluding hydrogens is 352 g/mol. The van der Waals surface area contributed by atoms with Crippen molar-refractivity contribution in [2.24, 2.45) is 0 Å². The van der Waals surface area contributed by atoms with Gasteiger partial charge in [-0.3, -0.25) is 9.59 Å². The Kier molecular flexibility index (Phi) is 5.43. The lowest BCUT2D eigenvalue weighted by Gasteiger charge is -2.10. The number of thiazole rings is 1. The van der Waals surface area contributed by atoms with Gasteiger partial charge in [-0.25, -0.2) is 4.98 Å². The molecule has 134 valence electrons. The van der Waals surface area contributed by atoms with E-state index >= 15 is 0 Å². The highest BCUT2D eigenvalue weighted by molar-refractivity contribution is 7.09. The molecule has 0 aliphatic heterocycles. The first kappa shape index (κ1) is 17.8. The first-order valence-corrected chi connectivity index (χ1v) is 8.99. The van der Waals surface area contributed by atoms with Gasteiger partial charge in [-0.2, -0.15) is 0 Å². The van der Waals surface area contributed by atoms with Crippen molar-refractivity contribution < 1.29 is 14.1 Å². The number of nitrogens with zero attached hydrogens (tertiary/aromatic N) is 2. The molecule has 0 unspecified atom stereocenters. The molecule has 1 aromatic carbocycles. The van der Waals surface area contributed by atoms with E-state index in [1.807, 2.05) is 19.2 Å². The maximum Gasteiger partial charge on any atom is 0.294 e. The van der Waals surface area contributed by atoms with Crippen molar-refractivity contribution in [2.75, 3.05) is 5.32 Å². The van der Waals surface area contributed by atoms with Crippen LogP contribution < -0.4 is 10.6 Å². The van der Waals surface area contributed by atoms with Gasteiger partial charge in [0.05, 0.1) is 18.4 Å². The first-order chi connectivity index (χ1) is 12.6. The number of nitrogens with one attached hydrogen (secondary N) is 2. The zero-order valence-corrected chi connectivity index (χ0v) is 15.2. The quantitative estimate of drug-likeness (QED) is 0.694. The molecule has 2 N–H and O–H groups in total. The fourth-order valence-electron chi connectivity index (χ4n) is 2.27. The summed E-state index contributed by atoms with van der Waals surface area (Å²) >= 11 is 1.52. The Morgan fingerprint density at radius 2 is 2.08 bits per heavy atom. The minimum absolute atomic E-state index is 0.106. The number of aromatic nitrogens is 2. The van der Waals surface area contributed by atoms with Gasteiger partial charge in [-0.1, -0.05) is 18.1 Å². The zero-order valence-electron chi connectivity index (χ0n) is 14.4. The Labute approximate surface area is 154 Å². The molecule has 2 aromatic heterocycles. The maximum atomic E-state index is 12.4. The summed E-state index contributed by atoms with van der Waals surface area (Å²) in [6.07, 6.45) is 2.27. The third kappa shape index (κ3) is 4.15. The number of carbonyl (C=O) groups excluding carboxylic acids is 2. The van der Waals surface area contributed by atoms with Crippen LogP contribution in [0.5, 0.6) is 0 Å². The van der Waals surface area contributed by atoms with Crippen LogP contribution in [0.3, 0.4) is 0 Å². The summed E-state index contributed by atoms with van der Waals surface area (Å²) < 4.78 is 4.84. The van der Waals surface area contributed by atoms with Crippen LogP contribution in [0, 0.1) is 6.92 Å². The Hall–Kier alpha value is -3.00. The minimum atomic E-state index is -0.418. The second-order valence-corrected chi connectivity index (χ2v) is 6.57. The zero-order chi connectivity index (χ0) is 18.5. The molecule has 8 heteroatoms. The Morgan fingerprint density at radius 3 is 2.77 bits per heavy atom. The van der Waals surface area contributed by atoms with Gasteiger partial charge in [0.2, 0.25) is 5.76 Å². The lowest BCUT2D eigenvalue weighted by atomic mass is 10.1. The van der Waals surface area contributed by atoms with Crippen molar-refractivity contribution in [3.8, 4) is 0 Å². The monoisotopic (exact) mass is 370 g/mol. The van der Waals surface area contributed by atoms with Gasteiger partial charge in [-0.15, -0.1) is 11.3 Å². The van der Waals surface area contributed by atoms with Gasteiger partial charge >= 0.3 is 0 Å². The van der Waals surface area contributed by atoms with E-state index in [4.69, 9.17) is 4.52 Å². The van der Waals surface area contributed by atoms with E-state index < -0.39 is 5.91 Å². The number of amides is 2. The number of carbonyl (C=O) groups is 2. The molecule has 3 rings (SSSR count). The van der Waals surface area contributed by atoms with Crippen LogP contribution in [-0.4, -0.2) is 22.0 Å². The Morgan fingerprint density at radius 1 is 1.23 bits per heavy atom. The van der Waals surface area contributed by atoms with Crippen molar-refractivity contribution in [3.63, 3.8) is 0 Å². The molecule has 2 heterocycles. The molecule has 7 nitrogen and oxygen atoms in total. The summed E-state index contributed by atoms with van der Waals surface area (Å²) in [4.78, 5) is 28.9. The van der Waals surface area contributed by atoms with Crippen LogP contribution >= 0.6 is 11.3 Å². The number of benzene rings is 1. The second kappa shape index (κ2) is 7.92. The highest BCUT2D eigenvalue weighted by atomic mass is 32.1. The van der Waals surface area contributed by atoms with Crippen LogP contribution in [0.4, 0.5) is 5.69 Å². The third-order valence-corrected chi connectivity index (χ3v) is 4.67. The minimum Gasteiger partial charge on any atom is -0.351 e. The summed E-state index contributed by atoms with van der Waals surface area (Å²) in [7, 11) is 0. The normalized spacial score (nSPS) is 10.5. The summed E-state index contributed by atoms with van der Waals surface area (Å²) in [6.45, 7) is 4.26. The summed E-state index contributed by atoms with van der Waals surface area (Å²) in [6, 6.07) is 6.61. The smallest absolute Gasteiger partial charge is 0.294 e. The first-order valence-electron chi connectivity index (χ1n) is 8.11. The summed E-state index contributed by atoms with van der Waals surface area (Å²) in [5.41, 5.74) is 2.85. The van der Waals surface area contributed by atoms with Gasteiger partial charge in [0, 0.05) is 22.7 Å². The number of hydrogen-bond donors (Lipinski definition) is 2. The number of rotatable bonds is 6.